The second-order valence-electron chi connectivity index (χ2n) is 5.48. The third-order valence-corrected chi connectivity index (χ3v) is 3.07. The van der Waals surface area contributed by atoms with Gasteiger partial charge in [-0.15, -0.1) is 0 Å². The zero-order valence-corrected chi connectivity index (χ0v) is 12.5. The highest BCUT2D eigenvalue weighted by Gasteiger charge is 2.21. The Morgan fingerprint density at radius 2 is 2.25 bits per heavy atom. The molecule has 0 unspecified atom stereocenters. The molecule has 0 aromatic carbocycles. The first-order chi connectivity index (χ1) is 9.67. The van der Waals surface area contributed by atoms with Gasteiger partial charge in [0, 0.05) is 31.9 Å². The Hall–Kier alpha value is -1.78. The van der Waals surface area contributed by atoms with Gasteiger partial charge < -0.3 is 15.4 Å². The Bertz CT molecular complexity index is 438. The molecule has 2 rings (SSSR count). The average Bonchev–Trinajstić information content (AvgIpc) is 3.26. The number of ether oxygens (including phenoxy) is 1. The monoisotopic (exact) mass is 276 g/mol. The van der Waals surface area contributed by atoms with E-state index in [0.29, 0.717) is 18.5 Å². The maximum absolute atomic E-state index is 5.62. The van der Waals surface area contributed by atoms with Crippen LogP contribution in [-0.4, -0.2) is 30.6 Å². The summed E-state index contributed by atoms with van der Waals surface area (Å²) >= 11 is 0. The molecule has 1 aliphatic rings. The van der Waals surface area contributed by atoms with Gasteiger partial charge in [-0.3, -0.25) is 4.99 Å². The van der Waals surface area contributed by atoms with Crippen LogP contribution in [0, 0.1) is 5.92 Å². The lowest BCUT2D eigenvalue weighted by molar-refractivity contribution is 0.288. The summed E-state index contributed by atoms with van der Waals surface area (Å²) in [6, 6.07) is 4.32. The quantitative estimate of drug-likeness (QED) is 0.616. The summed E-state index contributed by atoms with van der Waals surface area (Å²) in [6.45, 7) is 5.67. The van der Waals surface area contributed by atoms with E-state index in [1.54, 1.807) is 7.05 Å². The van der Waals surface area contributed by atoms with Crippen LogP contribution in [0.4, 0.5) is 0 Å². The molecule has 5 nitrogen and oxygen atoms in total. The molecule has 0 amide bonds. The molecule has 2 N–H and O–H groups in total. The van der Waals surface area contributed by atoms with Crippen molar-refractivity contribution in [2.24, 2.45) is 10.9 Å². The van der Waals surface area contributed by atoms with E-state index in [4.69, 9.17) is 4.74 Å². The molecular formula is C15H24N4O. The van der Waals surface area contributed by atoms with Crippen LogP contribution in [0.2, 0.25) is 0 Å². The summed E-state index contributed by atoms with van der Waals surface area (Å²) in [6.07, 6.45) is 4.44. The lowest BCUT2D eigenvalue weighted by atomic mass is 10.3. The Balaban J connectivity index is 1.77. The molecular weight excluding hydrogens is 252 g/mol. The lowest BCUT2D eigenvalue weighted by Crippen LogP contribution is -2.40. The van der Waals surface area contributed by atoms with E-state index < -0.39 is 0 Å². The molecule has 1 saturated carbocycles. The van der Waals surface area contributed by atoms with Gasteiger partial charge in [-0.05, 0) is 38.2 Å². The SMILES string of the molecule is CN=C(NCc1ccc(OCC2CC2)nc1)NC(C)C. The number of aliphatic imine (C=N–C) groups is 1. The van der Waals surface area contributed by atoms with E-state index in [0.717, 1.165) is 24.0 Å². The Kier molecular flexibility index (Phi) is 5.21. The first-order valence-electron chi connectivity index (χ1n) is 7.22. The van der Waals surface area contributed by atoms with Crippen molar-refractivity contribution in [3.63, 3.8) is 0 Å². The van der Waals surface area contributed by atoms with Crippen LogP contribution in [0.1, 0.15) is 32.3 Å². The second-order valence-corrected chi connectivity index (χ2v) is 5.48. The van der Waals surface area contributed by atoms with Crippen LogP contribution in [0.25, 0.3) is 0 Å². The molecule has 1 heterocycles. The topological polar surface area (TPSA) is 58.5 Å². The van der Waals surface area contributed by atoms with Crippen molar-refractivity contribution < 1.29 is 4.74 Å². The molecule has 0 spiro atoms. The Labute approximate surface area is 120 Å². The van der Waals surface area contributed by atoms with Crippen molar-refractivity contribution in [3.05, 3.63) is 23.9 Å². The van der Waals surface area contributed by atoms with Gasteiger partial charge in [0.25, 0.3) is 0 Å². The van der Waals surface area contributed by atoms with Gasteiger partial charge >= 0.3 is 0 Å². The molecule has 1 aliphatic carbocycles. The number of pyridine rings is 1. The molecule has 110 valence electrons. The van der Waals surface area contributed by atoms with Crippen LogP contribution in [0.3, 0.4) is 0 Å². The normalized spacial score (nSPS) is 15.3. The fourth-order valence-electron chi connectivity index (χ4n) is 1.74. The maximum atomic E-state index is 5.62. The Morgan fingerprint density at radius 1 is 1.45 bits per heavy atom. The van der Waals surface area contributed by atoms with Crippen molar-refractivity contribution in [2.75, 3.05) is 13.7 Å². The van der Waals surface area contributed by atoms with E-state index in [1.807, 2.05) is 18.3 Å². The first kappa shape index (κ1) is 14.6. The van der Waals surface area contributed by atoms with Crippen molar-refractivity contribution in [2.45, 2.75) is 39.3 Å². The van der Waals surface area contributed by atoms with Gasteiger partial charge in [0.1, 0.15) is 0 Å². The van der Waals surface area contributed by atoms with E-state index in [2.05, 4.69) is 34.5 Å². The summed E-state index contributed by atoms with van der Waals surface area (Å²) in [7, 11) is 1.77. The maximum Gasteiger partial charge on any atom is 0.213 e. The van der Waals surface area contributed by atoms with Gasteiger partial charge in [0.05, 0.1) is 6.61 Å². The minimum Gasteiger partial charge on any atom is -0.477 e. The zero-order chi connectivity index (χ0) is 14.4. The minimum absolute atomic E-state index is 0.359. The molecule has 0 bridgehead atoms. The second kappa shape index (κ2) is 7.12. The average molecular weight is 276 g/mol. The van der Waals surface area contributed by atoms with E-state index in [-0.39, 0.29) is 0 Å². The summed E-state index contributed by atoms with van der Waals surface area (Å²) in [4.78, 5) is 8.49. The number of hydrogen-bond acceptors (Lipinski definition) is 3. The summed E-state index contributed by atoms with van der Waals surface area (Å²) in [5.41, 5.74) is 1.11. The predicted octanol–water partition coefficient (Wildman–Crippen LogP) is 1.94. The van der Waals surface area contributed by atoms with E-state index in [9.17, 15) is 0 Å². The van der Waals surface area contributed by atoms with Gasteiger partial charge in [0.15, 0.2) is 5.96 Å². The molecule has 1 fully saturated rings. The van der Waals surface area contributed by atoms with Crippen LogP contribution in [-0.2, 0) is 6.54 Å². The number of guanidine groups is 1. The van der Waals surface area contributed by atoms with Gasteiger partial charge in [-0.1, -0.05) is 6.07 Å². The van der Waals surface area contributed by atoms with Crippen LogP contribution in [0.15, 0.2) is 23.3 Å². The standard InChI is InChI=1S/C15H24N4O/c1-11(2)19-15(16-3)18-9-13-6-7-14(17-8-13)20-10-12-4-5-12/h6-8,11-12H,4-5,9-10H2,1-3H3,(H2,16,18,19). The van der Waals surface area contributed by atoms with E-state index in [1.165, 1.54) is 12.8 Å². The number of aromatic nitrogens is 1. The van der Waals surface area contributed by atoms with Crippen molar-refractivity contribution in [1.29, 1.82) is 0 Å². The molecule has 0 atom stereocenters. The van der Waals surface area contributed by atoms with Crippen LogP contribution >= 0.6 is 0 Å². The molecule has 0 radical (unpaired) electrons. The number of nitrogens with zero attached hydrogens (tertiary/aromatic N) is 2. The summed E-state index contributed by atoms with van der Waals surface area (Å²) in [5.74, 6) is 2.27. The third kappa shape index (κ3) is 5.07. The van der Waals surface area contributed by atoms with Crippen molar-refractivity contribution >= 4 is 5.96 Å². The largest absolute Gasteiger partial charge is 0.477 e. The highest BCUT2D eigenvalue weighted by atomic mass is 16.5. The Morgan fingerprint density at radius 3 is 2.80 bits per heavy atom. The van der Waals surface area contributed by atoms with E-state index >= 15 is 0 Å². The molecule has 0 aliphatic heterocycles. The lowest BCUT2D eigenvalue weighted by Gasteiger charge is -2.14. The summed E-state index contributed by atoms with van der Waals surface area (Å²) in [5, 5.41) is 6.50. The first-order valence-corrected chi connectivity index (χ1v) is 7.22. The fraction of sp³-hybridized carbons (Fsp3) is 0.600. The van der Waals surface area contributed by atoms with Crippen LogP contribution in [0.5, 0.6) is 5.88 Å². The number of nitrogens with one attached hydrogen (secondary N) is 2. The number of rotatable bonds is 6. The molecule has 0 saturated heterocycles. The predicted molar refractivity (Wildman–Crippen MR) is 80.9 cm³/mol. The third-order valence-electron chi connectivity index (χ3n) is 3.07. The molecule has 1 aromatic rings. The van der Waals surface area contributed by atoms with Crippen molar-refractivity contribution in [1.82, 2.24) is 15.6 Å². The highest BCUT2D eigenvalue weighted by molar-refractivity contribution is 5.79. The smallest absolute Gasteiger partial charge is 0.213 e. The zero-order valence-electron chi connectivity index (χ0n) is 12.5. The molecule has 20 heavy (non-hydrogen) atoms. The summed E-state index contributed by atoms with van der Waals surface area (Å²) < 4.78 is 5.62. The minimum atomic E-state index is 0.359. The highest BCUT2D eigenvalue weighted by Crippen LogP contribution is 2.29. The van der Waals surface area contributed by atoms with Gasteiger partial charge in [-0.25, -0.2) is 4.98 Å². The van der Waals surface area contributed by atoms with Crippen molar-refractivity contribution in [3.8, 4) is 5.88 Å². The van der Waals surface area contributed by atoms with Crippen LogP contribution < -0.4 is 15.4 Å². The number of hydrogen-bond donors (Lipinski definition) is 2. The fourth-order valence-corrected chi connectivity index (χ4v) is 1.74. The van der Waals surface area contributed by atoms with Gasteiger partial charge in [-0.2, -0.15) is 0 Å². The molecule has 1 aromatic heterocycles. The van der Waals surface area contributed by atoms with Gasteiger partial charge in [0.2, 0.25) is 5.88 Å². The molecule has 5 heteroatoms.